The number of furan rings is 1. The van der Waals surface area contributed by atoms with E-state index in [0.29, 0.717) is 31.1 Å². The van der Waals surface area contributed by atoms with Crippen molar-refractivity contribution in [3.63, 3.8) is 0 Å². The van der Waals surface area contributed by atoms with Gasteiger partial charge >= 0.3 is 5.97 Å². The van der Waals surface area contributed by atoms with Gasteiger partial charge in [0.05, 0.1) is 12.9 Å². The number of aromatic nitrogens is 1. The highest BCUT2D eigenvalue weighted by atomic mass is 16.5. The smallest absolute Gasteiger partial charge is 0.352 e. The van der Waals surface area contributed by atoms with Crippen LogP contribution in [0, 0.1) is 0 Å². The number of carbonyl (C=O) groups is 1. The Balaban J connectivity index is 1.49. The molecule has 0 aliphatic carbocycles. The first-order valence-electron chi connectivity index (χ1n) is 9.25. The number of rotatable bonds is 9. The minimum Gasteiger partial charge on any atom is -0.493 e. The quantitative estimate of drug-likeness (QED) is 0.402. The van der Waals surface area contributed by atoms with Crippen LogP contribution in [0.2, 0.25) is 0 Å². The lowest BCUT2D eigenvalue weighted by Gasteiger charge is -2.07. The van der Waals surface area contributed by atoms with Gasteiger partial charge in [-0.25, -0.2) is 4.79 Å². The number of nitrogens with one attached hydrogen (secondary N) is 1. The van der Waals surface area contributed by atoms with Crippen LogP contribution in [0.15, 0.2) is 53.1 Å². The Bertz CT molecular complexity index is 1140. The summed E-state index contributed by atoms with van der Waals surface area (Å²) in [6, 6.07) is 12.7. The molecular weight excluding hydrogens is 374 g/mol. The molecule has 0 radical (unpaired) electrons. The molecule has 7 heteroatoms. The molecule has 0 fully saturated rings. The molecule has 0 saturated heterocycles. The van der Waals surface area contributed by atoms with E-state index in [4.69, 9.17) is 18.6 Å². The summed E-state index contributed by atoms with van der Waals surface area (Å²) in [5.74, 6) is 0.348. The van der Waals surface area contributed by atoms with Crippen molar-refractivity contribution in [1.29, 1.82) is 0 Å². The molecule has 0 aliphatic heterocycles. The van der Waals surface area contributed by atoms with E-state index in [2.05, 4.69) is 4.98 Å². The minimum atomic E-state index is -1.01. The third kappa shape index (κ3) is 4.05. The number of carboxylic acid groups (broad SMARTS) is 1. The van der Waals surface area contributed by atoms with Crippen molar-refractivity contribution in [2.45, 2.75) is 13.0 Å². The summed E-state index contributed by atoms with van der Waals surface area (Å²) in [6.07, 6.45) is 2.49. The number of ether oxygens (including phenoxy) is 3. The van der Waals surface area contributed by atoms with Gasteiger partial charge < -0.3 is 28.7 Å². The monoisotopic (exact) mass is 395 g/mol. The van der Waals surface area contributed by atoms with Crippen LogP contribution in [0.4, 0.5) is 0 Å². The van der Waals surface area contributed by atoms with E-state index in [1.165, 1.54) is 0 Å². The average Bonchev–Trinajstić information content (AvgIpc) is 3.34. The van der Waals surface area contributed by atoms with Crippen molar-refractivity contribution in [2.75, 3.05) is 20.3 Å². The van der Waals surface area contributed by atoms with Gasteiger partial charge in [-0.05, 0) is 30.3 Å². The molecule has 4 aromatic rings. The summed E-state index contributed by atoms with van der Waals surface area (Å²) in [5, 5.41) is 10.8. The van der Waals surface area contributed by atoms with Crippen LogP contribution in [0.5, 0.6) is 11.5 Å². The maximum absolute atomic E-state index is 11.2. The Kier molecular flexibility index (Phi) is 5.39. The van der Waals surface area contributed by atoms with Crippen molar-refractivity contribution in [3.05, 3.63) is 60.0 Å². The largest absolute Gasteiger partial charge is 0.493 e. The van der Waals surface area contributed by atoms with Gasteiger partial charge in [-0.2, -0.15) is 0 Å². The zero-order valence-corrected chi connectivity index (χ0v) is 15.9. The summed E-state index contributed by atoms with van der Waals surface area (Å²) >= 11 is 0. The van der Waals surface area contributed by atoms with E-state index >= 15 is 0 Å². The number of hydrogen-bond acceptors (Lipinski definition) is 5. The van der Waals surface area contributed by atoms with Crippen LogP contribution in [0.25, 0.3) is 21.9 Å². The highest BCUT2D eigenvalue weighted by molar-refractivity contribution is 5.96. The maximum atomic E-state index is 11.2. The van der Waals surface area contributed by atoms with E-state index in [0.717, 1.165) is 34.1 Å². The molecule has 7 nitrogen and oxygen atoms in total. The van der Waals surface area contributed by atoms with Crippen LogP contribution < -0.4 is 9.47 Å². The minimum absolute atomic E-state index is 0.128. The van der Waals surface area contributed by atoms with Gasteiger partial charge in [0.1, 0.15) is 29.4 Å². The molecule has 4 rings (SSSR count). The number of methoxy groups -OCH3 is 1. The molecule has 2 aromatic carbocycles. The fraction of sp³-hybridized carbons (Fsp3) is 0.227. The fourth-order valence-corrected chi connectivity index (χ4v) is 3.18. The number of aromatic amines is 1. The second-order valence-corrected chi connectivity index (χ2v) is 6.61. The molecule has 29 heavy (non-hydrogen) atoms. The molecule has 0 atom stereocenters. The van der Waals surface area contributed by atoms with Crippen LogP contribution in [0.3, 0.4) is 0 Å². The van der Waals surface area contributed by atoms with Crippen molar-refractivity contribution in [2.24, 2.45) is 0 Å². The number of aromatic carboxylic acids is 1. The summed E-state index contributed by atoms with van der Waals surface area (Å²) in [6.45, 7) is 1.54. The number of carboxylic acids is 1. The summed E-state index contributed by atoms with van der Waals surface area (Å²) < 4.78 is 22.3. The standard InChI is InChI=1S/C22H21NO6/c1-26-8-3-9-27-15-6-7-16-14(13-29-21(16)10-15)12-28-20-5-2-4-18-17(20)11-19(23-18)22(24)25/h2,4-7,10-11,13,23H,3,8-9,12H2,1H3,(H,24,25). The van der Waals surface area contributed by atoms with E-state index in [9.17, 15) is 9.90 Å². The first-order valence-corrected chi connectivity index (χ1v) is 9.25. The Labute approximate surface area is 166 Å². The van der Waals surface area contributed by atoms with Crippen LogP contribution in [-0.2, 0) is 11.3 Å². The Morgan fingerprint density at radius 2 is 2.00 bits per heavy atom. The van der Waals surface area contributed by atoms with Crippen LogP contribution in [0.1, 0.15) is 22.5 Å². The lowest BCUT2D eigenvalue weighted by atomic mass is 10.2. The molecule has 0 bridgehead atoms. The van der Waals surface area contributed by atoms with E-state index in [1.807, 2.05) is 36.4 Å². The fourth-order valence-electron chi connectivity index (χ4n) is 3.18. The third-order valence-corrected chi connectivity index (χ3v) is 4.63. The average molecular weight is 395 g/mol. The Hall–Kier alpha value is -3.45. The first-order chi connectivity index (χ1) is 14.2. The number of fused-ring (bicyclic) bond motifs is 2. The molecule has 0 saturated carbocycles. The van der Waals surface area contributed by atoms with Crippen molar-refractivity contribution >= 4 is 27.8 Å². The van der Waals surface area contributed by atoms with Crippen molar-refractivity contribution < 1.29 is 28.5 Å². The van der Waals surface area contributed by atoms with Crippen molar-refractivity contribution in [3.8, 4) is 11.5 Å². The van der Waals surface area contributed by atoms with E-state index < -0.39 is 5.97 Å². The zero-order chi connectivity index (χ0) is 20.2. The van der Waals surface area contributed by atoms with Gasteiger partial charge in [0.2, 0.25) is 0 Å². The number of H-pyrrole nitrogens is 1. The molecule has 0 unspecified atom stereocenters. The highest BCUT2D eigenvalue weighted by Crippen LogP contribution is 2.30. The number of benzene rings is 2. The predicted molar refractivity (Wildman–Crippen MR) is 108 cm³/mol. The highest BCUT2D eigenvalue weighted by Gasteiger charge is 2.13. The van der Waals surface area contributed by atoms with Gasteiger partial charge in [-0.15, -0.1) is 0 Å². The second-order valence-electron chi connectivity index (χ2n) is 6.61. The van der Waals surface area contributed by atoms with Crippen LogP contribution >= 0.6 is 0 Å². The molecule has 2 N–H and O–H groups in total. The lowest BCUT2D eigenvalue weighted by Crippen LogP contribution is -2.01. The second kappa shape index (κ2) is 8.28. The number of hydrogen-bond donors (Lipinski definition) is 2. The lowest BCUT2D eigenvalue weighted by molar-refractivity contribution is 0.0691. The molecule has 150 valence electrons. The summed E-state index contributed by atoms with van der Waals surface area (Å²) in [5.41, 5.74) is 2.47. The van der Waals surface area contributed by atoms with E-state index in [1.54, 1.807) is 19.4 Å². The molecule has 0 spiro atoms. The predicted octanol–water partition coefficient (Wildman–Crippen LogP) is 4.61. The molecule has 2 heterocycles. The Morgan fingerprint density at radius 1 is 1.10 bits per heavy atom. The van der Waals surface area contributed by atoms with Crippen molar-refractivity contribution in [1.82, 2.24) is 4.98 Å². The molecule has 0 amide bonds. The normalized spacial score (nSPS) is 11.2. The first kappa shape index (κ1) is 18.9. The molecular formula is C22H21NO6. The summed E-state index contributed by atoms with van der Waals surface area (Å²) in [7, 11) is 1.67. The van der Waals surface area contributed by atoms with Gasteiger partial charge in [0, 0.05) is 48.1 Å². The SMILES string of the molecule is COCCCOc1ccc2c(COc3cccc4[nH]c(C(=O)O)cc34)coc2c1. The molecule has 2 aromatic heterocycles. The van der Waals surface area contributed by atoms with Gasteiger partial charge in [-0.3, -0.25) is 0 Å². The topological polar surface area (TPSA) is 93.9 Å². The molecule has 0 aliphatic rings. The third-order valence-electron chi connectivity index (χ3n) is 4.63. The van der Waals surface area contributed by atoms with E-state index in [-0.39, 0.29) is 5.69 Å². The van der Waals surface area contributed by atoms with Crippen LogP contribution in [-0.4, -0.2) is 36.4 Å². The summed E-state index contributed by atoms with van der Waals surface area (Å²) in [4.78, 5) is 14.1. The van der Waals surface area contributed by atoms with Gasteiger partial charge in [0.15, 0.2) is 0 Å². The van der Waals surface area contributed by atoms with Gasteiger partial charge in [-0.1, -0.05) is 6.07 Å². The Morgan fingerprint density at radius 3 is 2.83 bits per heavy atom. The zero-order valence-electron chi connectivity index (χ0n) is 15.9. The maximum Gasteiger partial charge on any atom is 0.352 e. The van der Waals surface area contributed by atoms with Gasteiger partial charge in [0.25, 0.3) is 0 Å².